The highest BCUT2D eigenvalue weighted by Crippen LogP contribution is 2.02. The Hall–Kier alpha value is -1.57. The Labute approximate surface area is 123 Å². The van der Waals surface area contributed by atoms with E-state index >= 15 is 0 Å². The lowest BCUT2D eigenvalue weighted by Crippen LogP contribution is -2.33. The van der Waals surface area contributed by atoms with Gasteiger partial charge in [0.15, 0.2) is 0 Å². The van der Waals surface area contributed by atoms with Crippen LogP contribution in [0.15, 0.2) is 12.2 Å². The van der Waals surface area contributed by atoms with Crippen molar-refractivity contribution in [1.82, 2.24) is 4.90 Å². The maximum absolute atomic E-state index is 11.2. The maximum Gasteiger partial charge on any atom is 0.253 e. The number of ketones is 1. The van der Waals surface area contributed by atoms with Gasteiger partial charge in [0, 0.05) is 18.6 Å². The average Bonchev–Trinajstić information content (AvgIpc) is 2.75. The second-order valence-electron chi connectivity index (χ2n) is 4.45. The largest absolute Gasteiger partial charge is 0.379 e. The van der Waals surface area contributed by atoms with Crippen LogP contribution in [0.3, 0.4) is 0 Å². The topological polar surface area (TPSA) is 82.1 Å². The van der Waals surface area contributed by atoms with E-state index in [1.807, 2.05) is 0 Å². The molecule has 0 radical (unpaired) electrons. The zero-order valence-corrected chi connectivity index (χ0v) is 12.2. The van der Waals surface area contributed by atoms with Gasteiger partial charge >= 0.3 is 0 Å². The van der Waals surface area contributed by atoms with Gasteiger partial charge in [-0.05, 0) is 6.92 Å². The second kappa shape index (κ2) is 10.2. The molecule has 0 unspecified atom stereocenters. The standard InChI is InChI=1S/C14H21NO6/c1-12(16)4-6-19-8-10-21-11-9-20-7-5-15-13(17)2-3-14(15)18/h2-3H,4-11H2,1H3. The highest BCUT2D eigenvalue weighted by atomic mass is 16.5. The molecular weight excluding hydrogens is 278 g/mol. The summed E-state index contributed by atoms with van der Waals surface area (Å²) in [6.45, 7) is 4.16. The van der Waals surface area contributed by atoms with Crippen LogP contribution in [0.4, 0.5) is 0 Å². The van der Waals surface area contributed by atoms with E-state index in [9.17, 15) is 14.4 Å². The molecular formula is C14H21NO6. The van der Waals surface area contributed by atoms with Gasteiger partial charge in [0.25, 0.3) is 11.8 Å². The number of carbonyl (C=O) groups is 3. The molecule has 7 heteroatoms. The van der Waals surface area contributed by atoms with Crippen LogP contribution in [-0.4, -0.2) is 68.7 Å². The normalized spacial score (nSPS) is 14.2. The van der Waals surface area contributed by atoms with E-state index in [1.165, 1.54) is 19.1 Å². The van der Waals surface area contributed by atoms with E-state index < -0.39 is 0 Å². The van der Waals surface area contributed by atoms with Gasteiger partial charge in [-0.15, -0.1) is 0 Å². The summed E-state index contributed by atoms with van der Waals surface area (Å²) in [5.74, 6) is -0.500. The highest BCUT2D eigenvalue weighted by molar-refractivity contribution is 6.12. The van der Waals surface area contributed by atoms with Gasteiger partial charge in [-0.25, -0.2) is 0 Å². The zero-order chi connectivity index (χ0) is 15.5. The number of imide groups is 1. The van der Waals surface area contributed by atoms with Crippen LogP contribution in [0, 0.1) is 0 Å². The molecule has 0 N–H and O–H groups in total. The van der Waals surface area contributed by atoms with Gasteiger partial charge in [0.2, 0.25) is 0 Å². The molecule has 0 aromatic heterocycles. The predicted molar refractivity (Wildman–Crippen MR) is 73.6 cm³/mol. The minimum absolute atomic E-state index is 0.106. The van der Waals surface area contributed by atoms with E-state index in [2.05, 4.69) is 0 Å². The number of hydrogen-bond acceptors (Lipinski definition) is 6. The molecule has 1 heterocycles. The van der Waals surface area contributed by atoms with Gasteiger partial charge in [0.05, 0.1) is 46.2 Å². The molecule has 7 nitrogen and oxygen atoms in total. The van der Waals surface area contributed by atoms with Crippen molar-refractivity contribution in [1.29, 1.82) is 0 Å². The molecule has 1 aliphatic rings. The first-order chi connectivity index (χ1) is 10.1. The Morgan fingerprint density at radius 1 is 0.905 bits per heavy atom. The molecule has 0 aromatic carbocycles. The number of hydrogen-bond donors (Lipinski definition) is 0. The van der Waals surface area contributed by atoms with Crippen LogP contribution in [-0.2, 0) is 28.6 Å². The summed E-state index contributed by atoms with van der Waals surface area (Å²) >= 11 is 0. The van der Waals surface area contributed by atoms with Crippen LogP contribution in [0.5, 0.6) is 0 Å². The lowest BCUT2D eigenvalue weighted by Gasteiger charge is -2.13. The zero-order valence-electron chi connectivity index (χ0n) is 12.2. The van der Waals surface area contributed by atoms with Crippen molar-refractivity contribution in [2.24, 2.45) is 0 Å². The Kier molecular flexibility index (Phi) is 8.49. The third-order valence-corrected chi connectivity index (χ3v) is 2.70. The fourth-order valence-electron chi connectivity index (χ4n) is 1.57. The lowest BCUT2D eigenvalue weighted by molar-refractivity contribution is -0.137. The van der Waals surface area contributed by atoms with Gasteiger partial charge in [0.1, 0.15) is 5.78 Å². The van der Waals surface area contributed by atoms with Crippen LogP contribution in [0.25, 0.3) is 0 Å². The first-order valence-electron chi connectivity index (χ1n) is 6.87. The van der Waals surface area contributed by atoms with E-state index in [1.54, 1.807) is 0 Å². The summed E-state index contributed by atoms with van der Waals surface area (Å²) in [5.41, 5.74) is 0. The lowest BCUT2D eigenvalue weighted by atomic mass is 10.3. The van der Waals surface area contributed by atoms with E-state index in [0.29, 0.717) is 39.5 Å². The highest BCUT2D eigenvalue weighted by Gasteiger charge is 2.22. The average molecular weight is 299 g/mol. The van der Waals surface area contributed by atoms with Crippen molar-refractivity contribution < 1.29 is 28.6 Å². The van der Waals surface area contributed by atoms with Crippen molar-refractivity contribution in [3.8, 4) is 0 Å². The van der Waals surface area contributed by atoms with Crippen LogP contribution < -0.4 is 0 Å². The quantitative estimate of drug-likeness (QED) is 0.371. The molecule has 2 amide bonds. The summed E-state index contributed by atoms with van der Waals surface area (Å²) in [6.07, 6.45) is 2.92. The Balaban J connectivity index is 1.84. The Morgan fingerprint density at radius 3 is 1.90 bits per heavy atom. The van der Waals surface area contributed by atoms with E-state index in [0.717, 1.165) is 4.90 Å². The first-order valence-corrected chi connectivity index (χ1v) is 6.87. The SMILES string of the molecule is CC(=O)CCOCCOCCOCCN1C(=O)C=CC1=O. The summed E-state index contributed by atoms with van der Waals surface area (Å²) in [6, 6.07) is 0. The van der Waals surface area contributed by atoms with Crippen LogP contribution >= 0.6 is 0 Å². The molecule has 118 valence electrons. The number of nitrogens with zero attached hydrogens (tertiary/aromatic N) is 1. The van der Waals surface area contributed by atoms with Crippen molar-refractivity contribution in [3.05, 3.63) is 12.2 Å². The number of rotatable bonds is 12. The number of ether oxygens (including phenoxy) is 3. The van der Waals surface area contributed by atoms with Crippen molar-refractivity contribution in [3.63, 3.8) is 0 Å². The molecule has 21 heavy (non-hydrogen) atoms. The number of amides is 2. The molecule has 0 aromatic rings. The summed E-state index contributed by atoms with van der Waals surface area (Å²) in [4.78, 5) is 34.2. The summed E-state index contributed by atoms with van der Waals surface area (Å²) < 4.78 is 15.7. The Morgan fingerprint density at radius 2 is 1.38 bits per heavy atom. The molecule has 1 aliphatic heterocycles. The Bertz CT molecular complexity index is 375. The van der Waals surface area contributed by atoms with E-state index in [-0.39, 0.29) is 30.7 Å². The molecule has 0 fully saturated rings. The fraction of sp³-hybridized carbons (Fsp3) is 0.643. The predicted octanol–water partition coefficient (Wildman–Crippen LogP) is -0.0597. The molecule has 0 aliphatic carbocycles. The molecule has 1 rings (SSSR count). The minimum atomic E-state index is -0.303. The number of carbonyl (C=O) groups excluding carboxylic acids is 3. The van der Waals surface area contributed by atoms with E-state index in [4.69, 9.17) is 14.2 Å². The molecule has 0 saturated heterocycles. The van der Waals surface area contributed by atoms with Crippen LogP contribution in [0.2, 0.25) is 0 Å². The van der Waals surface area contributed by atoms with Gasteiger partial charge < -0.3 is 14.2 Å². The second-order valence-corrected chi connectivity index (χ2v) is 4.45. The van der Waals surface area contributed by atoms with Crippen molar-refractivity contribution >= 4 is 17.6 Å². The first kappa shape index (κ1) is 17.5. The van der Waals surface area contributed by atoms with Gasteiger partial charge in [-0.3, -0.25) is 19.3 Å². The molecule has 0 bridgehead atoms. The monoisotopic (exact) mass is 299 g/mol. The smallest absolute Gasteiger partial charge is 0.253 e. The third kappa shape index (κ3) is 7.69. The third-order valence-electron chi connectivity index (χ3n) is 2.70. The molecule has 0 spiro atoms. The van der Waals surface area contributed by atoms with Crippen molar-refractivity contribution in [2.45, 2.75) is 13.3 Å². The number of Topliss-reactive ketones (excluding diaryl/α,β-unsaturated/α-hetero) is 1. The minimum Gasteiger partial charge on any atom is -0.379 e. The van der Waals surface area contributed by atoms with Gasteiger partial charge in [-0.1, -0.05) is 0 Å². The molecule has 0 atom stereocenters. The van der Waals surface area contributed by atoms with Gasteiger partial charge in [-0.2, -0.15) is 0 Å². The maximum atomic E-state index is 11.2. The summed E-state index contributed by atoms with van der Waals surface area (Å²) in [7, 11) is 0. The summed E-state index contributed by atoms with van der Waals surface area (Å²) in [5, 5.41) is 0. The van der Waals surface area contributed by atoms with Crippen molar-refractivity contribution in [2.75, 3.05) is 46.2 Å². The fourth-order valence-corrected chi connectivity index (χ4v) is 1.57. The van der Waals surface area contributed by atoms with Crippen LogP contribution in [0.1, 0.15) is 13.3 Å². The molecule has 0 saturated carbocycles.